The number of hydrogen-bond acceptors (Lipinski definition) is 4. The summed E-state index contributed by atoms with van der Waals surface area (Å²) < 4.78 is 0. The fourth-order valence-electron chi connectivity index (χ4n) is 3.26. The first-order valence-corrected chi connectivity index (χ1v) is 10.4. The number of nitrogens with zero attached hydrogens (tertiary/aromatic N) is 1. The third-order valence-electron chi connectivity index (χ3n) is 4.90. The summed E-state index contributed by atoms with van der Waals surface area (Å²) in [6.07, 6.45) is 1.72. The molecule has 30 heavy (non-hydrogen) atoms. The normalized spacial score (nSPS) is 15.2. The van der Waals surface area contributed by atoms with Crippen LogP contribution >= 0.6 is 11.8 Å². The maximum absolute atomic E-state index is 12.7. The molecule has 1 saturated heterocycles. The average Bonchev–Trinajstić information content (AvgIpc) is 3.01. The minimum Gasteiger partial charge on any atom is -0.350 e. The number of nitrogens with one attached hydrogen (secondary N) is 1. The van der Waals surface area contributed by atoms with Gasteiger partial charge in [-0.25, -0.2) is 0 Å². The van der Waals surface area contributed by atoms with Crippen molar-refractivity contribution in [3.8, 4) is 0 Å². The fourth-order valence-corrected chi connectivity index (χ4v) is 4.09. The Morgan fingerprint density at radius 3 is 2.53 bits per heavy atom. The van der Waals surface area contributed by atoms with Crippen LogP contribution in [0.4, 0.5) is 4.79 Å². The number of carbonyl (C=O) groups is 3. The van der Waals surface area contributed by atoms with E-state index in [9.17, 15) is 14.4 Å². The molecule has 3 aromatic rings. The molecule has 1 heterocycles. The van der Waals surface area contributed by atoms with E-state index < -0.39 is 11.1 Å². The lowest BCUT2D eigenvalue weighted by Crippen LogP contribution is -2.39. The summed E-state index contributed by atoms with van der Waals surface area (Å²) in [5, 5.41) is 4.39. The molecule has 3 aromatic carbocycles. The van der Waals surface area contributed by atoms with Gasteiger partial charge in [0.25, 0.3) is 11.1 Å². The van der Waals surface area contributed by atoms with Crippen LogP contribution < -0.4 is 5.32 Å². The molecule has 3 amide bonds. The van der Waals surface area contributed by atoms with Gasteiger partial charge in [0.2, 0.25) is 5.91 Å². The Kier molecular flexibility index (Phi) is 5.68. The summed E-state index contributed by atoms with van der Waals surface area (Å²) in [6, 6.07) is 21.5. The van der Waals surface area contributed by atoms with Crippen molar-refractivity contribution in [2.45, 2.75) is 13.5 Å². The molecule has 0 saturated carbocycles. The molecular formula is C24H20N2O3S. The molecule has 5 nitrogen and oxygen atoms in total. The summed E-state index contributed by atoms with van der Waals surface area (Å²) in [7, 11) is 0. The van der Waals surface area contributed by atoms with Crippen LogP contribution in [0.3, 0.4) is 0 Å². The third-order valence-corrected chi connectivity index (χ3v) is 5.80. The summed E-state index contributed by atoms with van der Waals surface area (Å²) in [5.74, 6) is -0.812. The highest BCUT2D eigenvalue weighted by Gasteiger charge is 2.36. The Balaban J connectivity index is 1.45. The van der Waals surface area contributed by atoms with Crippen molar-refractivity contribution in [1.29, 1.82) is 0 Å². The Labute approximate surface area is 178 Å². The predicted octanol–water partition coefficient (Wildman–Crippen LogP) is 4.50. The van der Waals surface area contributed by atoms with E-state index in [0.29, 0.717) is 11.4 Å². The number of aryl methyl sites for hydroxylation is 1. The SMILES string of the molecule is Cc1ccc(CNC(=O)CN2C(=O)S/C(=C\c3cccc4ccccc34)C2=O)cc1. The van der Waals surface area contributed by atoms with Gasteiger partial charge in [-0.3, -0.25) is 19.3 Å². The van der Waals surface area contributed by atoms with Crippen LogP contribution in [0.15, 0.2) is 71.6 Å². The molecule has 0 bridgehead atoms. The van der Waals surface area contributed by atoms with Crippen molar-refractivity contribution >= 4 is 45.7 Å². The fraction of sp³-hybridized carbons (Fsp3) is 0.125. The van der Waals surface area contributed by atoms with Crippen molar-refractivity contribution in [3.63, 3.8) is 0 Å². The second-order valence-electron chi connectivity index (χ2n) is 7.10. The Morgan fingerprint density at radius 1 is 1.00 bits per heavy atom. The quantitative estimate of drug-likeness (QED) is 0.622. The van der Waals surface area contributed by atoms with Gasteiger partial charge in [0, 0.05) is 6.54 Å². The van der Waals surface area contributed by atoms with Crippen LogP contribution in [0.1, 0.15) is 16.7 Å². The lowest BCUT2D eigenvalue weighted by atomic mass is 10.0. The molecule has 0 radical (unpaired) electrons. The molecule has 0 spiro atoms. The molecule has 6 heteroatoms. The first-order chi connectivity index (χ1) is 14.5. The van der Waals surface area contributed by atoms with Crippen molar-refractivity contribution in [2.24, 2.45) is 0 Å². The lowest BCUT2D eigenvalue weighted by Gasteiger charge is -2.12. The van der Waals surface area contributed by atoms with Gasteiger partial charge in [0.1, 0.15) is 6.54 Å². The van der Waals surface area contributed by atoms with Crippen molar-refractivity contribution in [3.05, 3.63) is 88.3 Å². The highest BCUT2D eigenvalue weighted by Crippen LogP contribution is 2.33. The van der Waals surface area contributed by atoms with Gasteiger partial charge in [-0.2, -0.15) is 0 Å². The van der Waals surface area contributed by atoms with Crippen LogP contribution in [-0.4, -0.2) is 28.5 Å². The van der Waals surface area contributed by atoms with Crippen molar-refractivity contribution in [1.82, 2.24) is 10.2 Å². The van der Waals surface area contributed by atoms with E-state index in [-0.39, 0.29) is 12.5 Å². The first-order valence-electron chi connectivity index (χ1n) is 9.56. The van der Waals surface area contributed by atoms with E-state index in [1.54, 1.807) is 6.08 Å². The third kappa shape index (κ3) is 4.28. The van der Waals surface area contributed by atoms with Gasteiger partial charge in [-0.1, -0.05) is 72.3 Å². The van der Waals surface area contributed by atoms with Gasteiger partial charge in [0.05, 0.1) is 4.91 Å². The zero-order valence-electron chi connectivity index (χ0n) is 16.4. The minimum absolute atomic E-state index is 0.288. The number of carbonyl (C=O) groups excluding carboxylic acids is 3. The summed E-state index contributed by atoms with van der Waals surface area (Å²) in [6.45, 7) is 2.05. The molecular weight excluding hydrogens is 396 g/mol. The largest absolute Gasteiger partial charge is 0.350 e. The number of benzene rings is 3. The average molecular weight is 417 g/mol. The molecule has 4 rings (SSSR count). The Morgan fingerprint density at radius 2 is 1.73 bits per heavy atom. The van der Waals surface area contributed by atoms with E-state index in [1.807, 2.05) is 73.7 Å². The van der Waals surface area contributed by atoms with Crippen LogP contribution in [0.2, 0.25) is 0 Å². The smallest absolute Gasteiger partial charge is 0.294 e. The van der Waals surface area contributed by atoms with Crippen LogP contribution in [0, 0.1) is 6.92 Å². The van der Waals surface area contributed by atoms with Crippen LogP contribution in [-0.2, 0) is 16.1 Å². The van der Waals surface area contributed by atoms with E-state index in [1.165, 1.54) is 0 Å². The lowest BCUT2D eigenvalue weighted by molar-refractivity contribution is -0.129. The zero-order valence-corrected chi connectivity index (χ0v) is 17.2. The maximum Gasteiger partial charge on any atom is 0.294 e. The number of hydrogen-bond donors (Lipinski definition) is 1. The van der Waals surface area contributed by atoms with E-state index >= 15 is 0 Å². The van der Waals surface area contributed by atoms with Crippen molar-refractivity contribution in [2.75, 3.05) is 6.54 Å². The topological polar surface area (TPSA) is 66.5 Å². The number of thioether (sulfide) groups is 1. The summed E-state index contributed by atoms with van der Waals surface area (Å²) >= 11 is 0.862. The van der Waals surface area contributed by atoms with Gasteiger partial charge in [-0.05, 0) is 46.7 Å². The van der Waals surface area contributed by atoms with Gasteiger partial charge in [-0.15, -0.1) is 0 Å². The monoisotopic (exact) mass is 416 g/mol. The molecule has 1 aliphatic heterocycles. The number of rotatable bonds is 5. The molecule has 1 N–H and O–H groups in total. The van der Waals surface area contributed by atoms with E-state index in [2.05, 4.69) is 5.32 Å². The second-order valence-corrected chi connectivity index (χ2v) is 8.09. The highest BCUT2D eigenvalue weighted by molar-refractivity contribution is 8.18. The summed E-state index contributed by atoms with van der Waals surface area (Å²) in [4.78, 5) is 38.7. The zero-order chi connectivity index (χ0) is 21.1. The van der Waals surface area contributed by atoms with Gasteiger partial charge < -0.3 is 5.32 Å². The molecule has 1 aliphatic rings. The first kappa shape index (κ1) is 19.9. The van der Waals surface area contributed by atoms with E-state index in [4.69, 9.17) is 0 Å². The van der Waals surface area contributed by atoms with Gasteiger partial charge in [0.15, 0.2) is 0 Å². The summed E-state index contributed by atoms with van der Waals surface area (Å²) in [5.41, 5.74) is 2.96. The number of imide groups is 1. The number of fused-ring (bicyclic) bond motifs is 1. The molecule has 150 valence electrons. The van der Waals surface area contributed by atoms with Crippen molar-refractivity contribution < 1.29 is 14.4 Å². The van der Waals surface area contributed by atoms with Crippen LogP contribution in [0.25, 0.3) is 16.8 Å². The molecule has 0 aliphatic carbocycles. The molecule has 0 unspecified atom stereocenters. The van der Waals surface area contributed by atoms with Gasteiger partial charge >= 0.3 is 0 Å². The molecule has 0 aromatic heterocycles. The Hall–Kier alpha value is -3.38. The van der Waals surface area contributed by atoms with E-state index in [0.717, 1.165) is 44.1 Å². The Bertz CT molecular complexity index is 1160. The standard InChI is InChI=1S/C24H20N2O3S/c1-16-9-11-17(12-10-16)14-25-22(27)15-26-23(28)21(30-24(26)29)13-19-7-4-6-18-5-2-3-8-20(18)19/h2-13H,14-15H2,1H3,(H,25,27)/b21-13-. The minimum atomic E-state index is -0.441. The predicted molar refractivity (Wildman–Crippen MR) is 120 cm³/mol. The molecule has 0 atom stereocenters. The number of amides is 3. The maximum atomic E-state index is 12.7. The molecule has 1 fully saturated rings. The van der Waals surface area contributed by atoms with Crippen LogP contribution in [0.5, 0.6) is 0 Å². The second kappa shape index (κ2) is 8.55. The highest BCUT2D eigenvalue weighted by atomic mass is 32.2.